The van der Waals surface area contributed by atoms with Crippen molar-refractivity contribution >= 4 is 28.6 Å². The topological polar surface area (TPSA) is 35.4 Å². The van der Waals surface area contributed by atoms with E-state index in [1.54, 1.807) is 0 Å². The number of aliphatic imine (C=N–C) groups is 1. The Morgan fingerprint density at radius 1 is 0.960 bits per heavy atom. The first-order chi connectivity index (χ1) is 11.4. The van der Waals surface area contributed by atoms with Crippen molar-refractivity contribution in [3.8, 4) is 0 Å². The van der Waals surface area contributed by atoms with Gasteiger partial charge in [0.1, 0.15) is 6.54 Å². The van der Waals surface area contributed by atoms with E-state index in [1.165, 1.54) is 5.56 Å². The van der Waals surface area contributed by atoms with Crippen LogP contribution in [0, 0.1) is 13.8 Å². The van der Waals surface area contributed by atoms with Crippen molar-refractivity contribution in [3.63, 3.8) is 0 Å². The van der Waals surface area contributed by atoms with Crippen LogP contribution in [0.1, 0.15) is 23.1 Å². The molecular weight excluding hydrogens is 376 g/mol. The molecule has 0 atom stereocenters. The maximum atomic E-state index is 12.4. The lowest BCUT2D eigenvalue weighted by atomic mass is 10.1. The average Bonchev–Trinajstić information content (AvgIpc) is 2.51. The summed E-state index contributed by atoms with van der Waals surface area (Å²) in [6.45, 7) is 5.39. The van der Waals surface area contributed by atoms with Crippen LogP contribution in [0.3, 0.4) is 0 Å². The Balaban J connectivity index is 0.00000312. The number of aryl methyl sites for hydroxylation is 3. The molecular formula is C21H29BrN2O. The van der Waals surface area contributed by atoms with E-state index in [9.17, 15) is 5.11 Å². The molecule has 0 aliphatic carbocycles. The minimum Gasteiger partial charge on any atom is -0.858 e. The molecule has 0 unspecified atom stereocenters. The highest BCUT2D eigenvalue weighted by molar-refractivity contribution is 8.93. The van der Waals surface area contributed by atoms with E-state index < -0.39 is 0 Å². The molecule has 2 aromatic rings. The highest BCUT2D eigenvalue weighted by Crippen LogP contribution is 2.23. The van der Waals surface area contributed by atoms with Crippen molar-refractivity contribution in [1.82, 2.24) is 0 Å². The van der Waals surface area contributed by atoms with Gasteiger partial charge in [-0.2, -0.15) is 0 Å². The molecule has 0 N–H and O–H groups in total. The van der Waals surface area contributed by atoms with Crippen LogP contribution in [-0.4, -0.2) is 37.6 Å². The molecule has 4 heteroatoms. The maximum absolute atomic E-state index is 12.4. The Kier molecular flexibility index (Phi) is 8.33. The molecule has 0 aromatic heterocycles. The van der Waals surface area contributed by atoms with Gasteiger partial charge in [-0.1, -0.05) is 48.5 Å². The third-order valence-electron chi connectivity index (χ3n) is 4.31. The Morgan fingerprint density at radius 3 is 2.16 bits per heavy atom. The van der Waals surface area contributed by atoms with E-state index in [0.29, 0.717) is 11.0 Å². The highest BCUT2D eigenvalue weighted by Gasteiger charge is 2.14. The summed E-state index contributed by atoms with van der Waals surface area (Å²) >= 11 is 0. The van der Waals surface area contributed by atoms with E-state index in [0.717, 1.165) is 36.2 Å². The number of quaternary nitrogens is 1. The van der Waals surface area contributed by atoms with Gasteiger partial charge in [0.2, 0.25) is 0 Å². The smallest absolute Gasteiger partial charge is 0.107 e. The number of halogens is 1. The summed E-state index contributed by atoms with van der Waals surface area (Å²) in [6.07, 6.45) is 2.11. The van der Waals surface area contributed by atoms with Gasteiger partial charge in [-0.3, -0.25) is 4.99 Å². The molecule has 0 fully saturated rings. The quantitative estimate of drug-likeness (QED) is 0.390. The van der Waals surface area contributed by atoms with Gasteiger partial charge in [0.05, 0.1) is 26.3 Å². The zero-order chi connectivity index (χ0) is 17.6. The molecule has 0 aliphatic heterocycles. The minimum absolute atomic E-state index is 0. The van der Waals surface area contributed by atoms with Crippen LogP contribution in [0.4, 0.5) is 5.69 Å². The van der Waals surface area contributed by atoms with Gasteiger partial charge < -0.3 is 9.59 Å². The fraction of sp³-hybridized carbons (Fsp3) is 0.381. The SMILES string of the molecule is Br.Cc1cccc(C)c1N=C([O-])C[N+](C)(C)CCCc1ccccc1. The number of nitrogens with zero attached hydrogens (tertiary/aromatic N) is 2. The van der Waals surface area contributed by atoms with E-state index in [2.05, 4.69) is 43.4 Å². The van der Waals surface area contributed by atoms with Gasteiger partial charge >= 0.3 is 0 Å². The first kappa shape index (κ1) is 21.4. The second-order valence-electron chi connectivity index (χ2n) is 7.15. The average molecular weight is 405 g/mol. The van der Waals surface area contributed by atoms with E-state index in [4.69, 9.17) is 0 Å². The second-order valence-corrected chi connectivity index (χ2v) is 7.15. The molecule has 0 saturated heterocycles. The third kappa shape index (κ3) is 7.00. The van der Waals surface area contributed by atoms with Gasteiger partial charge in [0.25, 0.3) is 0 Å². The van der Waals surface area contributed by atoms with Crippen molar-refractivity contribution in [2.75, 3.05) is 27.2 Å². The molecule has 136 valence electrons. The van der Waals surface area contributed by atoms with Gasteiger partial charge in [-0.25, -0.2) is 0 Å². The van der Waals surface area contributed by atoms with Crippen molar-refractivity contribution in [1.29, 1.82) is 0 Å². The summed E-state index contributed by atoms with van der Waals surface area (Å²) in [7, 11) is 4.20. The maximum Gasteiger partial charge on any atom is 0.107 e. The van der Waals surface area contributed by atoms with Crippen LogP contribution in [0.25, 0.3) is 0 Å². The Hall–Kier alpha value is -1.65. The second kappa shape index (κ2) is 9.73. The van der Waals surface area contributed by atoms with Crippen LogP contribution in [0.15, 0.2) is 53.5 Å². The van der Waals surface area contributed by atoms with Crippen molar-refractivity contribution in [2.24, 2.45) is 4.99 Å². The molecule has 2 aromatic carbocycles. The Bertz CT molecular complexity index is 676. The zero-order valence-corrected chi connectivity index (χ0v) is 17.4. The minimum atomic E-state index is -0.0443. The highest BCUT2D eigenvalue weighted by atomic mass is 79.9. The van der Waals surface area contributed by atoms with Crippen molar-refractivity contribution < 1.29 is 9.59 Å². The van der Waals surface area contributed by atoms with Crippen molar-refractivity contribution in [3.05, 3.63) is 65.2 Å². The zero-order valence-electron chi connectivity index (χ0n) is 15.7. The van der Waals surface area contributed by atoms with Gasteiger partial charge in [-0.15, -0.1) is 17.0 Å². The van der Waals surface area contributed by atoms with Crippen LogP contribution in [0.2, 0.25) is 0 Å². The molecule has 0 amide bonds. The molecule has 0 aliphatic rings. The molecule has 0 radical (unpaired) electrons. The predicted molar refractivity (Wildman–Crippen MR) is 110 cm³/mol. The van der Waals surface area contributed by atoms with E-state index >= 15 is 0 Å². The predicted octanol–water partition coefficient (Wildman–Crippen LogP) is 3.98. The van der Waals surface area contributed by atoms with Crippen LogP contribution in [-0.2, 0) is 6.42 Å². The van der Waals surface area contributed by atoms with Crippen molar-refractivity contribution in [2.45, 2.75) is 26.7 Å². The largest absolute Gasteiger partial charge is 0.858 e. The lowest BCUT2D eigenvalue weighted by molar-refractivity contribution is -0.883. The number of hydrogen-bond donors (Lipinski definition) is 0. The summed E-state index contributed by atoms with van der Waals surface area (Å²) in [4.78, 5) is 4.36. The molecule has 0 bridgehead atoms. The monoisotopic (exact) mass is 404 g/mol. The number of hydrogen-bond acceptors (Lipinski definition) is 2. The third-order valence-corrected chi connectivity index (χ3v) is 4.31. The van der Waals surface area contributed by atoms with E-state index in [-0.39, 0.29) is 22.9 Å². The number of para-hydroxylation sites is 1. The number of benzene rings is 2. The fourth-order valence-electron chi connectivity index (χ4n) is 2.94. The molecule has 25 heavy (non-hydrogen) atoms. The summed E-state index contributed by atoms with van der Waals surface area (Å²) in [5.41, 5.74) is 4.28. The fourth-order valence-corrected chi connectivity index (χ4v) is 2.94. The molecule has 3 nitrogen and oxygen atoms in total. The standard InChI is InChI=1S/C21H28N2O.BrH/c1-17-10-8-11-18(2)21(17)22-20(24)16-23(3,4)15-9-14-19-12-6-5-7-13-19;/h5-8,10-13H,9,14-16H2,1-4H3;1H. The van der Waals surface area contributed by atoms with Gasteiger partial charge in [0.15, 0.2) is 0 Å². The summed E-state index contributed by atoms with van der Waals surface area (Å²) < 4.78 is 0.667. The van der Waals surface area contributed by atoms with Crippen LogP contribution < -0.4 is 5.11 Å². The molecule has 0 spiro atoms. The first-order valence-electron chi connectivity index (χ1n) is 8.54. The van der Waals surface area contributed by atoms with E-state index in [1.807, 2.05) is 38.1 Å². The Labute approximate surface area is 162 Å². The normalized spacial score (nSPS) is 11.9. The summed E-state index contributed by atoms with van der Waals surface area (Å²) in [6, 6.07) is 16.5. The van der Waals surface area contributed by atoms with Gasteiger partial charge in [-0.05, 0) is 37.0 Å². The first-order valence-corrected chi connectivity index (χ1v) is 8.54. The Morgan fingerprint density at radius 2 is 1.56 bits per heavy atom. The molecule has 2 rings (SSSR count). The summed E-state index contributed by atoms with van der Waals surface area (Å²) in [5.74, 6) is -0.0443. The van der Waals surface area contributed by atoms with Crippen LogP contribution >= 0.6 is 17.0 Å². The summed E-state index contributed by atoms with van der Waals surface area (Å²) in [5, 5.41) is 12.4. The number of likely N-dealkylation sites (N-methyl/N-ethyl adjacent to an activating group) is 1. The lowest BCUT2D eigenvalue weighted by Gasteiger charge is -2.32. The molecule has 0 saturated carbocycles. The molecule has 0 heterocycles. The number of rotatable bonds is 7. The lowest BCUT2D eigenvalue weighted by Crippen LogP contribution is -2.47. The van der Waals surface area contributed by atoms with Crippen LogP contribution in [0.5, 0.6) is 0 Å². The van der Waals surface area contributed by atoms with Gasteiger partial charge in [0, 0.05) is 12.3 Å².